The Morgan fingerprint density at radius 3 is 2.62 bits per heavy atom. The molecule has 1 aromatic rings. The van der Waals surface area contributed by atoms with Crippen molar-refractivity contribution in [1.29, 1.82) is 0 Å². The molecule has 3 heteroatoms. The zero-order chi connectivity index (χ0) is 15.5. The first-order valence-corrected chi connectivity index (χ1v) is 8.15. The van der Waals surface area contributed by atoms with Crippen molar-refractivity contribution in [3.8, 4) is 5.75 Å². The van der Waals surface area contributed by atoms with Gasteiger partial charge in [-0.2, -0.15) is 0 Å². The number of benzene rings is 1. The summed E-state index contributed by atoms with van der Waals surface area (Å²) in [5, 5.41) is 10.8. The van der Waals surface area contributed by atoms with Crippen LogP contribution in [0.5, 0.6) is 5.75 Å². The van der Waals surface area contributed by atoms with Crippen LogP contribution in [0.15, 0.2) is 24.3 Å². The van der Waals surface area contributed by atoms with E-state index in [1.165, 1.54) is 5.56 Å². The minimum atomic E-state index is -0.339. The van der Waals surface area contributed by atoms with Gasteiger partial charge in [0.2, 0.25) is 0 Å². The van der Waals surface area contributed by atoms with Crippen LogP contribution in [0.3, 0.4) is 0 Å². The Balaban J connectivity index is 2.12. The number of fused-ring (bicyclic) bond motifs is 1. The third kappa shape index (κ3) is 3.41. The molecule has 1 aromatic carbocycles. The van der Waals surface area contributed by atoms with E-state index in [1.807, 2.05) is 12.1 Å². The zero-order valence-corrected chi connectivity index (χ0v) is 13.8. The van der Waals surface area contributed by atoms with Crippen LogP contribution in [-0.4, -0.2) is 41.3 Å². The molecule has 1 N–H and O–H groups in total. The van der Waals surface area contributed by atoms with E-state index in [-0.39, 0.29) is 11.6 Å². The summed E-state index contributed by atoms with van der Waals surface area (Å²) >= 11 is 0. The van der Waals surface area contributed by atoms with Crippen LogP contribution in [0.2, 0.25) is 0 Å². The maximum Gasteiger partial charge on any atom is 0.122 e. The van der Waals surface area contributed by atoms with Gasteiger partial charge >= 0.3 is 0 Å². The van der Waals surface area contributed by atoms with Crippen LogP contribution >= 0.6 is 0 Å². The molecule has 1 heterocycles. The van der Waals surface area contributed by atoms with E-state index < -0.39 is 0 Å². The van der Waals surface area contributed by atoms with Gasteiger partial charge in [0.15, 0.2) is 0 Å². The lowest BCUT2D eigenvalue weighted by molar-refractivity contribution is -0.0146. The molecule has 118 valence electrons. The topological polar surface area (TPSA) is 32.7 Å². The summed E-state index contributed by atoms with van der Waals surface area (Å²) in [6.07, 6.45) is 1.44. The van der Waals surface area contributed by atoms with Crippen molar-refractivity contribution in [2.24, 2.45) is 0 Å². The largest absolute Gasteiger partial charge is 0.493 e. The first-order chi connectivity index (χ1) is 10.0. The van der Waals surface area contributed by atoms with Gasteiger partial charge in [-0.3, -0.25) is 4.90 Å². The standard InChI is InChI=1S/C18H29NO2/c1-5-19(6-2)18(3,4)17(20)13-14-11-12-21-16-10-8-7-9-15(14)16/h7-10,14,17,20H,5-6,11-13H2,1-4H3. The van der Waals surface area contributed by atoms with Crippen molar-refractivity contribution in [3.63, 3.8) is 0 Å². The maximum atomic E-state index is 10.8. The molecule has 0 fully saturated rings. The summed E-state index contributed by atoms with van der Waals surface area (Å²) in [7, 11) is 0. The quantitative estimate of drug-likeness (QED) is 0.871. The van der Waals surface area contributed by atoms with E-state index in [0.29, 0.717) is 5.92 Å². The molecule has 0 aromatic heterocycles. The predicted octanol–water partition coefficient (Wildman–Crippen LogP) is 3.42. The molecule has 0 saturated carbocycles. The molecule has 0 radical (unpaired) electrons. The first-order valence-electron chi connectivity index (χ1n) is 8.15. The number of ether oxygens (including phenoxy) is 1. The SMILES string of the molecule is CCN(CC)C(C)(C)C(O)CC1CCOc2ccccc21. The normalized spacial score (nSPS) is 20.0. The summed E-state index contributed by atoms with van der Waals surface area (Å²) in [5.41, 5.74) is 1.05. The highest BCUT2D eigenvalue weighted by atomic mass is 16.5. The van der Waals surface area contributed by atoms with E-state index in [1.54, 1.807) is 0 Å². The lowest BCUT2D eigenvalue weighted by Crippen LogP contribution is -2.52. The third-order valence-electron chi connectivity index (χ3n) is 4.98. The van der Waals surface area contributed by atoms with E-state index in [9.17, 15) is 5.11 Å². The second-order valence-electron chi connectivity index (χ2n) is 6.45. The first kappa shape index (κ1) is 16.3. The van der Waals surface area contributed by atoms with Gasteiger partial charge in [0, 0.05) is 5.54 Å². The molecular formula is C18H29NO2. The molecular weight excluding hydrogens is 262 g/mol. The second-order valence-corrected chi connectivity index (χ2v) is 6.45. The molecule has 0 bridgehead atoms. The number of aliphatic hydroxyl groups is 1. The van der Waals surface area contributed by atoms with Crippen LogP contribution < -0.4 is 4.74 Å². The molecule has 0 saturated heterocycles. The highest BCUT2D eigenvalue weighted by Crippen LogP contribution is 2.38. The Morgan fingerprint density at radius 2 is 1.95 bits per heavy atom. The van der Waals surface area contributed by atoms with Crippen molar-refractivity contribution in [2.45, 2.75) is 58.1 Å². The van der Waals surface area contributed by atoms with Gasteiger partial charge in [0.1, 0.15) is 5.75 Å². The molecule has 0 spiro atoms. The van der Waals surface area contributed by atoms with Crippen molar-refractivity contribution in [2.75, 3.05) is 19.7 Å². The number of likely N-dealkylation sites (N-methyl/N-ethyl adjacent to an activating group) is 1. The van der Waals surface area contributed by atoms with E-state index in [2.05, 4.69) is 44.7 Å². The summed E-state index contributed by atoms with van der Waals surface area (Å²) in [4.78, 5) is 2.34. The molecule has 3 nitrogen and oxygen atoms in total. The monoisotopic (exact) mass is 291 g/mol. The maximum absolute atomic E-state index is 10.8. The Hall–Kier alpha value is -1.06. The molecule has 2 atom stereocenters. The summed E-state index contributed by atoms with van der Waals surface area (Å²) < 4.78 is 5.72. The molecule has 21 heavy (non-hydrogen) atoms. The summed E-state index contributed by atoms with van der Waals surface area (Å²) in [6.45, 7) is 11.3. The fraction of sp³-hybridized carbons (Fsp3) is 0.667. The van der Waals surface area contributed by atoms with Crippen LogP contribution in [0, 0.1) is 0 Å². The fourth-order valence-corrected chi connectivity index (χ4v) is 3.47. The molecule has 1 aliphatic rings. The van der Waals surface area contributed by atoms with Gasteiger partial charge in [0.25, 0.3) is 0 Å². The van der Waals surface area contributed by atoms with Crippen molar-refractivity contribution < 1.29 is 9.84 Å². The lowest BCUT2D eigenvalue weighted by atomic mass is 9.82. The van der Waals surface area contributed by atoms with Gasteiger partial charge in [0.05, 0.1) is 12.7 Å². The Bertz CT molecular complexity index is 454. The molecule has 0 amide bonds. The van der Waals surface area contributed by atoms with E-state index in [4.69, 9.17) is 4.74 Å². The second kappa shape index (κ2) is 6.80. The van der Waals surface area contributed by atoms with Crippen LogP contribution in [0.4, 0.5) is 0 Å². The van der Waals surface area contributed by atoms with Gasteiger partial charge in [-0.25, -0.2) is 0 Å². The Morgan fingerprint density at radius 1 is 1.29 bits per heavy atom. The van der Waals surface area contributed by atoms with E-state index in [0.717, 1.165) is 38.3 Å². The number of nitrogens with zero attached hydrogens (tertiary/aromatic N) is 1. The molecule has 2 unspecified atom stereocenters. The highest BCUT2D eigenvalue weighted by Gasteiger charge is 2.35. The summed E-state index contributed by atoms with van der Waals surface area (Å²) in [5.74, 6) is 1.38. The highest BCUT2D eigenvalue weighted by molar-refractivity contribution is 5.37. The number of para-hydroxylation sites is 1. The van der Waals surface area contributed by atoms with Crippen molar-refractivity contribution >= 4 is 0 Å². The third-order valence-corrected chi connectivity index (χ3v) is 4.98. The van der Waals surface area contributed by atoms with Crippen LogP contribution in [-0.2, 0) is 0 Å². The Labute approximate surface area is 128 Å². The average Bonchev–Trinajstić information content (AvgIpc) is 2.48. The Kier molecular flexibility index (Phi) is 5.28. The minimum absolute atomic E-state index is 0.198. The number of rotatable bonds is 6. The van der Waals surface area contributed by atoms with Crippen LogP contribution in [0.25, 0.3) is 0 Å². The van der Waals surface area contributed by atoms with Gasteiger partial charge in [-0.1, -0.05) is 32.0 Å². The van der Waals surface area contributed by atoms with Crippen molar-refractivity contribution in [3.05, 3.63) is 29.8 Å². The van der Waals surface area contributed by atoms with Gasteiger partial charge < -0.3 is 9.84 Å². The van der Waals surface area contributed by atoms with Crippen LogP contribution in [0.1, 0.15) is 52.0 Å². The number of hydrogen-bond donors (Lipinski definition) is 1. The fourth-order valence-electron chi connectivity index (χ4n) is 3.47. The van der Waals surface area contributed by atoms with Crippen molar-refractivity contribution in [1.82, 2.24) is 4.90 Å². The molecule has 2 rings (SSSR count). The van der Waals surface area contributed by atoms with E-state index >= 15 is 0 Å². The zero-order valence-electron chi connectivity index (χ0n) is 13.8. The lowest BCUT2D eigenvalue weighted by Gasteiger charge is -2.42. The average molecular weight is 291 g/mol. The summed E-state index contributed by atoms with van der Waals surface area (Å²) in [6, 6.07) is 8.24. The number of hydrogen-bond acceptors (Lipinski definition) is 3. The minimum Gasteiger partial charge on any atom is -0.493 e. The van der Waals surface area contributed by atoms with Gasteiger partial charge in [-0.15, -0.1) is 0 Å². The predicted molar refractivity (Wildman–Crippen MR) is 86.9 cm³/mol. The molecule has 1 aliphatic heterocycles. The van der Waals surface area contributed by atoms with Gasteiger partial charge in [-0.05, 0) is 57.3 Å². The number of aliphatic hydroxyl groups excluding tert-OH is 1. The molecule has 0 aliphatic carbocycles. The smallest absolute Gasteiger partial charge is 0.122 e.